The summed E-state index contributed by atoms with van der Waals surface area (Å²) in [6.45, 7) is 2.81. The molecule has 2 aromatic rings. The second-order valence-corrected chi connectivity index (χ2v) is 11.9. The second kappa shape index (κ2) is 10.8. The van der Waals surface area contributed by atoms with Crippen molar-refractivity contribution in [1.82, 2.24) is 14.8 Å². The number of benzene rings is 1. The third kappa shape index (κ3) is 5.18. The summed E-state index contributed by atoms with van der Waals surface area (Å²) in [5.41, 5.74) is 10.4. The Kier molecular flexibility index (Phi) is 7.65. The summed E-state index contributed by atoms with van der Waals surface area (Å²) >= 11 is 16.8. The number of guanidine groups is 1. The molecule has 7 nitrogen and oxygen atoms in total. The van der Waals surface area contributed by atoms with E-state index in [1.54, 1.807) is 0 Å². The molecule has 192 valence electrons. The van der Waals surface area contributed by atoms with E-state index in [1.807, 2.05) is 22.1 Å². The molecule has 3 heterocycles. The maximum atomic E-state index is 13.1. The summed E-state index contributed by atoms with van der Waals surface area (Å²) in [6.07, 6.45) is 6.80. The molecule has 2 aliphatic heterocycles. The van der Waals surface area contributed by atoms with Gasteiger partial charge in [-0.3, -0.25) is 9.78 Å². The molecule has 1 amide bonds. The van der Waals surface area contributed by atoms with Gasteiger partial charge in [0.05, 0.1) is 5.69 Å². The maximum Gasteiger partial charge on any atom is 0.233 e. The number of hydrogen-bond acceptors (Lipinski definition) is 4. The summed E-state index contributed by atoms with van der Waals surface area (Å²) in [4.78, 5) is 21.8. The number of nitrogens with two attached hydrogens (primary N) is 1. The maximum absolute atomic E-state index is 13.1. The van der Waals surface area contributed by atoms with Gasteiger partial charge in [0, 0.05) is 59.2 Å². The molecule has 2 saturated heterocycles. The highest BCUT2D eigenvalue weighted by molar-refractivity contribution is 9.10. The smallest absolute Gasteiger partial charge is 0.233 e. The van der Waals surface area contributed by atoms with Crippen LogP contribution in [0.25, 0.3) is 0 Å². The molecular weight excluding hydrogens is 565 g/mol. The molecule has 2 fully saturated rings. The van der Waals surface area contributed by atoms with Crippen molar-refractivity contribution in [2.75, 3.05) is 26.2 Å². The van der Waals surface area contributed by atoms with Gasteiger partial charge in [-0.2, -0.15) is 0 Å². The zero-order valence-electron chi connectivity index (χ0n) is 20.0. The molecule has 10 heteroatoms. The average molecular weight is 595 g/mol. The number of amides is 1. The predicted octanol–water partition coefficient (Wildman–Crippen LogP) is 5.04. The summed E-state index contributed by atoms with van der Waals surface area (Å²) in [6, 6.07) is 6.07. The van der Waals surface area contributed by atoms with Crippen LogP contribution in [0.2, 0.25) is 10.0 Å². The van der Waals surface area contributed by atoms with E-state index in [9.17, 15) is 4.79 Å². The summed E-state index contributed by atoms with van der Waals surface area (Å²) in [5.74, 6) is 0.947. The number of nitrogens with zero attached hydrogens (tertiary/aromatic N) is 4. The Morgan fingerprint density at radius 3 is 2.58 bits per heavy atom. The highest BCUT2D eigenvalue weighted by atomic mass is 79.9. The first kappa shape index (κ1) is 25.6. The van der Waals surface area contributed by atoms with Gasteiger partial charge in [-0.1, -0.05) is 28.4 Å². The summed E-state index contributed by atoms with van der Waals surface area (Å²) < 4.78 is 0.980. The highest BCUT2D eigenvalue weighted by Crippen LogP contribution is 2.46. The van der Waals surface area contributed by atoms with E-state index in [-0.39, 0.29) is 23.7 Å². The van der Waals surface area contributed by atoms with Crippen LogP contribution in [0, 0.1) is 11.8 Å². The minimum Gasteiger partial charge on any atom is -0.408 e. The number of aryl methyl sites for hydroxylation is 2. The summed E-state index contributed by atoms with van der Waals surface area (Å²) in [5, 5.41) is 13.4. The van der Waals surface area contributed by atoms with E-state index in [1.165, 1.54) is 11.1 Å². The lowest BCUT2D eigenvalue weighted by Gasteiger charge is -2.37. The number of piperidine rings is 1. The Balaban J connectivity index is 1.32. The Bertz CT molecular complexity index is 1190. The third-order valence-corrected chi connectivity index (χ3v) is 8.92. The monoisotopic (exact) mass is 593 g/mol. The molecule has 3 N–H and O–H groups in total. The van der Waals surface area contributed by atoms with Crippen LogP contribution in [-0.4, -0.2) is 58.0 Å². The van der Waals surface area contributed by atoms with E-state index in [0.29, 0.717) is 35.5 Å². The van der Waals surface area contributed by atoms with E-state index < -0.39 is 0 Å². The molecule has 1 aromatic carbocycles. The van der Waals surface area contributed by atoms with E-state index in [0.717, 1.165) is 60.9 Å². The molecule has 0 bridgehead atoms. The SMILES string of the molecule is N/C(=N\O)N1CCC(CC(=O)N2CCC(C3c4ncc(Br)cc4CCc4cc(Cl)cc(Cl)c43)CC2)C1. The van der Waals surface area contributed by atoms with Crippen molar-refractivity contribution < 1.29 is 10.0 Å². The number of hydrogen-bond donors (Lipinski definition) is 2. The molecule has 0 radical (unpaired) electrons. The van der Waals surface area contributed by atoms with Crippen molar-refractivity contribution in [3.8, 4) is 0 Å². The van der Waals surface area contributed by atoms with Crippen molar-refractivity contribution in [3.05, 3.63) is 61.3 Å². The lowest BCUT2D eigenvalue weighted by atomic mass is 9.76. The predicted molar refractivity (Wildman–Crippen MR) is 145 cm³/mol. The molecule has 1 aliphatic carbocycles. The largest absolute Gasteiger partial charge is 0.408 e. The van der Waals surface area contributed by atoms with Gasteiger partial charge in [-0.25, -0.2) is 0 Å². The molecule has 0 spiro atoms. The minimum atomic E-state index is 0.0803. The number of pyridine rings is 1. The van der Waals surface area contributed by atoms with Crippen LogP contribution in [0.1, 0.15) is 54.0 Å². The third-order valence-electron chi connectivity index (χ3n) is 7.96. The van der Waals surface area contributed by atoms with Gasteiger partial charge in [0.2, 0.25) is 11.9 Å². The van der Waals surface area contributed by atoms with Crippen LogP contribution in [0.3, 0.4) is 0 Å². The van der Waals surface area contributed by atoms with Gasteiger partial charge in [0.1, 0.15) is 0 Å². The van der Waals surface area contributed by atoms with Crippen molar-refractivity contribution in [1.29, 1.82) is 0 Å². The van der Waals surface area contributed by atoms with Crippen molar-refractivity contribution >= 4 is 51.0 Å². The van der Waals surface area contributed by atoms with Crippen LogP contribution >= 0.6 is 39.1 Å². The highest BCUT2D eigenvalue weighted by Gasteiger charge is 2.37. The number of carbonyl (C=O) groups excluding carboxylic acids is 1. The number of oxime groups is 1. The fourth-order valence-corrected chi connectivity index (χ4v) is 7.19. The Hall–Kier alpha value is -2.03. The zero-order valence-corrected chi connectivity index (χ0v) is 23.1. The second-order valence-electron chi connectivity index (χ2n) is 10.1. The lowest BCUT2D eigenvalue weighted by molar-refractivity contribution is -0.133. The molecule has 5 rings (SSSR count). The Morgan fingerprint density at radius 1 is 1.11 bits per heavy atom. The van der Waals surface area contributed by atoms with Crippen LogP contribution in [0.5, 0.6) is 0 Å². The van der Waals surface area contributed by atoms with E-state index in [4.69, 9.17) is 39.1 Å². The molecule has 1 aromatic heterocycles. The topological polar surface area (TPSA) is 95.0 Å². The number of rotatable bonds is 3. The standard InChI is InChI=1S/C26H30BrCl2N5O2/c27-19-10-18-2-1-17-11-20(28)12-21(29)23(17)24(25(18)31-13-19)16-4-7-33(8-5-16)22(35)9-15-3-6-34(14-15)26(30)32-36/h10-13,15-16,24,36H,1-9,14H2,(H2,30,32). The van der Waals surface area contributed by atoms with Crippen molar-refractivity contribution in [3.63, 3.8) is 0 Å². The number of halogens is 3. The number of likely N-dealkylation sites (tertiary alicyclic amines) is 2. The van der Waals surface area contributed by atoms with Crippen molar-refractivity contribution in [2.45, 2.75) is 44.4 Å². The molecular formula is C26H30BrCl2N5O2. The van der Waals surface area contributed by atoms with E-state index >= 15 is 0 Å². The number of carbonyl (C=O) groups is 1. The van der Waals surface area contributed by atoms with Crippen molar-refractivity contribution in [2.24, 2.45) is 22.7 Å². The number of aromatic nitrogens is 1. The molecule has 0 saturated carbocycles. The van der Waals surface area contributed by atoms with Gasteiger partial charge in [0.25, 0.3) is 0 Å². The number of fused-ring (bicyclic) bond motifs is 2. The quantitative estimate of drug-likeness (QED) is 0.225. The normalized spacial score (nSPS) is 22.8. The lowest BCUT2D eigenvalue weighted by Crippen LogP contribution is -2.41. The van der Waals surface area contributed by atoms with Gasteiger partial charge in [-0.15, -0.1) is 0 Å². The zero-order chi connectivity index (χ0) is 25.4. The Morgan fingerprint density at radius 2 is 1.83 bits per heavy atom. The molecule has 2 atom stereocenters. The van der Waals surface area contributed by atoms with Gasteiger partial charge in [-0.05, 0) is 94.8 Å². The molecule has 2 unspecified atom stereocenters. The fraction of sp³-hybridized carbons (Fsp3) is 0.500. The van der Waals surface area contributed by atoms with Crippen LogP contribution in [-0.2, 0) is 17.6 Å². The first-order valence-electron chi connectivity index (χ1n) is 12.5. The van der Waals surface area contributed by atoms with Gasteiger partial charge >= 0.3 is 0 Å². The van der Waals surface area contributed by atoms with Crippen LogP contribution in [0.4, 0.5) is 0 Å². The molecule has 36 heavy (non-hydrogen) atoms. The fourth-order valence-electron chi connectivity index (χ4n) is 6.16. The van der Waals surface area contributed by atoms with E-state index in [2.05, 4.69) is 33.2 Å². The van der Waals surface area contributed by atoms with Gasteiger partial charge in [0.15, 0.2) is 0 Å². The van der Waals surface area contributed by atoms with Crippen LogP contribution in [0.15, 0.2) is 34.0 Å². The van der Waals surface area contributed by atoms with Gasteiger partial charge < -0.3 is 20.7 Å². The Labute approximate surface area is 229 Å². The average Bonchev–Trinajstić information content (AvgIpc) is 3.26. The summed E-state index contributed by atoms with van der Waals surface area (Å²) in [7, 11) is 0. The first-order chi connectivity index (χ1) is 17.3. The first-order valence-corrected chi connectivity index (χ1v) is 14.0. The van der Waals surface area contributed by atoms with Crippen LogP contribution < -0.4 is 5.73 Å². The molecule has 3 aliphatic rings. The minimum absolute atomic E-state index is 0.0803.